The van der Waals surface area contributed by atoms with Gasteiger partial charge in [0.15, 0.2) is 0 Å². The van der Waals surface area contributed by atoms with Crippen molar-refractivity contribution in [2.24, 2.45) is 5.92 Å². The Bertz CT molecular complexity index is 789. The highest BCUT2D eigenvalue weighted by atomic mass is 32.2. The lowest BCUT2D eigenvalue weighted by Gasteiger charge is -2.20. The number of carbonyl (C=O) groups excluding carboxylic acids is 2. The Morgan fingerprint density at radius 3 is 2.34 bits per heavy atom. The van der Waals surface area contributed by atoms with Crippen LogP contribution in [0.4, 0.5) is 5.69 Å². The number of amides is 2. The maximum Gasteiger partial charge on any atom is 0.243 e. The van der Waals surface area contributed by atoms with Gasteiger partial charge in [0.2, 0.25) is 21.8 Å². The summed E-state index contributed by atoms with van der Waals surface area (Å²) in [5, 5.41) is 2.93. The smallest absolute Gasteiger partial charge is 0.243 e. The summed E-state index contributed by atoms with van der Waals surface area (Å²) in [5.74, 6) is -0.568. The third-order valence-electron chi connectivity index (χ3n) is 5.32. The van der Waals surface area contributed by atoms with E-state index >= 15 is 0 Å². The van der Waals surface area contributed by atoms with Gasteiger partial charge in [0.25, 0.3) is 0 Å². The normalized spacial score (nSPS) is 17.2. The van der Waals surface area contributed by atoms with E-state index in [-0.39, 0.29) is 29.0 Å². The summed E-state index contributed by atoms with van der Waals surface area (Å²) in [6, 6.07) is 6.33. The Morgan fingerprint density at radius 2 is 1.76 bits per heavy atom. The van der Waals surface area contributed by atoms with Gasteiger partial charge >= 0.3 is 0 Å². The van der Waals surface area contributed by atoms with Crippen LogP contribution in [-0.2, 0) is 19.6 Å². The molecule has 1 aliphatic rings. The number of hydrogen-bond acceptors (Lipinski definition) is 4. The molecule has 0 aliphatic carbocycles. The van der Waals surface area contributed by atoms with Crippen LogP contribution in [0, 0.1) is 5.92 Å². The second kappa shape index (κ2) is 10.7. The van der Waals surface area contributed by atoms with E-state index in [1.807, 2.05) is 0 Å². The molecule has 1 aromatic carbocycles. The minimum atomic E-state index is -3.53. The lowest BCUT2D eigenvalue weighted by atomic mass is 10.1. The number of hydrogen-bond donors (Lipinski definition) is 1. The molecule has 1 heterocycles. The highest BCUT2D eigenvalue weighted by Crippen LogP contribution is 2.27. The zero-order chi connectivity index (χ0) is 21.4. The Labute approximate surface area is 174 Å². The minimum Gasteiger partial charge on any atom is -0.356 e. The van der Waals surface area contributed by atoms with E-state index < -0.39 is 10.0 Å². The molecule has 0 saturated carbocycles. The van der Waals surface area contributed by atoms with E-state index in [9.17, 15) is 18.0 Å². The number of carbonyl (C=O) groups is 2. The highest BCUT2D eigenvalue weighted by Gasteiger charge is 2.35. The van der Waals surface area contributed by atoms with Crippen molar-refractivity contribution in [1.29, 1.82) is 0 Å². The topological polar surface area (TPSA) is 86.8 Å². The van der Waals surface area contributed by atoms with Gasteiger partial charge in [0.05, 0.1) is 10.8 Å². The molecule has 1 N–H and O–H groups in total. The first-order valence-electron chi connectivity index (χ1n) is 10.5. The molecule has 8 heteroatoms. The fraction of sp³-hybridized carbons (Fsp3) is 0.619. The van der Waals surface area contributed by atoms with Crippen molar-refractivity contribution in [3.05, 3.63) is 24.3 Å². The first-order valence-corrected chi connectivity index (χ1v) is 12.0. The summed E-state index contributed by atoms with van der Waals surface area (Å²) in [6.07, 6.45) is 4.53. The number of anilines is 1. The summed E-state index contributed by atoms with van der Waals surface area (Å²) in [5.41, 5.74) is 0.617. The zero-order valence-corrected chi connectivity index (χ0v) is 18.5. The molecule has 0 aromatic heterocycles. The largest absolute Gasteiger partial charge is 0.356 e. The molecule has 1 fully saturated rings. The Hall–Kier alpha value is -1.93. The van der Waals surface area contributed by atoms with Crippen LogP contribution in [0.25, 0.3) is 0 Å². The SMILES string of the molecule is CCCCCCNC(=O)C1CC(=O)N(c2ccc(S(=O)(=O)N(CC)CC)cc2)C1. The van der Waals surface area contributed by atoms with Crippen LogP contribution in [0.1, 0.15) is 52.9 Å². The fourth-order valence-corrected chi connectivity index (χ4v) is 5.01. The van der Waals surface area contributed by atoms with Crippen LogP contribution in [0.15, 0.2) is 29.2 Å². The number of rotatable bonds is 11. The third kappa shape index (κ3) is 5.79. The summed E-state index contributed by atoms with van der Waals surface area (Å²) < 4.78 is 26.6. The average Bonchev–Trinajstić information content (AvgIpc) is 3.10. The van der Waals surface area contributed by atoms with E-state index in [2.05, 4.69) is 12.2 Å². The quantitative estimate of drug-likeness (QED) is 0.555. The van der Waals surface area contributed by atoms with Gasteiger partial charge in [-0.1, -0.05) is 40.0 Å². The molecule has 162 valence electrons. The van der Waals surface area contributed by atoms with Gasteiger partial charge in [-0.2, -0.15) is 4.31 Å². The lowest BCUT2D eigenvalue weighted by molar-refractivity contribution is -0.126. The Balaban J connectivity index is 1.99. The predicted octanol–water partition coefficient (Wildman–Crippen LogP) is 2.77. The van der Waals surface area contributed by atoms with Gasteiger partial charge in [-0.15, -0.1) is 0 Å². The standard InChI is InChI=1S/C21H33N3O4S/c1-4-7-8-9-14-22-21(26)17-15-20(25)24(16-17)18-10-12-19(13-11-18)29(27,28)23(5-2)6-3/h10-13,17H,4-9,14-16H2,1-3H3,(H,22,26). The van der Waals surface area contributed by atoms with Crippen molar-refractivity contribution in [2.75, 3.05) is 31.1 Å². The van der Waals surface area contributed by atoms with Crippen LogP contribution >= 0.6 is 0 Å². The molecule has 1 unspecified atom stereocenters. The summed E-state index contributed by atoms with van der Waals surface area (Å²) in [6.45, 7) is 7.51. The monoisotopic (exact) mass is 423 g/mol. The molecule has 1 saturated heterocycles. The Morgan fingerprint density at radius 1 is 1.10 bits per heavy atom. The minimum absolute atomic E-state index is 0.0851. The molecule has 1 aromatic rings. The molecule has 2 rings (SSSR count). The summed E-state index contributed by atoms with van der Waals surface area (Å²) >= 11 is 0. The lowest BCUT2D eigenvalue weighted by Crippen LogP contribution is -2.33. The van der Waals surface area contributed by atoms with E-state index in [0.29, 0.717) is 31.9 Å². The van der Waals surface area contributed by atoms with Crippen molar-refractivity contribution < 1.29 is 18.0 Å². The molecular formula is C21H33N3O4S. The van der Waals surface area contributed by atoms with Crippen LogP contribution in [0.2, 0.25) is 0 Å². The number of nitrogens with zero attached hydrogens (tertiary/aromatic N) is 2. The molecular weight excluding hydrogens is 390 g/mol. The Kier molecular flexibility index (Phi) is 8.64. The number of nitrogens with one attached hydrogen (secondary N) is 1. The van der Waals surface area contributed by atoms with E-state index in [0.717, 1.165) is 25.7 Å². The molecule has 0 bridgehead atoms. The number of sulfonamides is 1. The summed E-state index contributed by atoms with van der Waals surface area (Å²) in [4.78, 5) is 26.5. The van der Waals surface area contributed by atoms with E-state index in [1.165, 1.54) is 16.4 Å². The first kappa shape index (κ1) is 23.3. The summed E-state index contributed by atoms with van der Waals surface area (Å²) in [7, 11) is -3.53. The van der Waals surface area contributed by atoms with Crippen LogP contribution in [0.3, 0.4) is 0 Å². The molecule has 0 spiro atoms. The molecule has 1 aliphatic heterocycles. The van der Waals surface area contributed by atoms with Crippen LogP contribution < -0.4 is 10.2 Å². The molecule has 7 nitrogen and oxygen atoms in total. The molecule has 29 heavy (non-hydrogen) atoms. The van der Waals surface area contributed by atoms with E-state index in [4.69, 9.17) is 0 Å². The third-order valence-corrected chi connectivity index (χ3v) is 7.38. The van der Waals surface area contributed by atoms with Gasteiger partial charge in [-0.05, 0) is 30.7 Å². The molecule has 1 atom stereocenters. The van der Waals surface area contributed by atoms with Gasteiger partial charge in [-0.3, -0.25) is 9.59 Å². The van der Waals surface area contributed by atoms with Crippen molar-refractivity contribution in [1.82, 2.24) is 9.62 Å². The number of benzene rings is 1. The average molecular weight is 424 g/mol. The maximum atomic E-state index is 12.6. The highest BCUT2D eigenvalue weighted by molar-refractivity contribution is 7.89. The van der Waals surface area contributed by atoms with Gasteiger partial charge in [0, 0.05) is 38.3 Å². The van der Waals surface area contributed by atoms with Crippen molar-refractivity contribution in [2.45, 2.75) is 57.8 Å². The van der Waals surface area contributed by atoms with Gasteiger partial charge < -0.3 is 10.2 Å². The predicted molar refractivity (Wildman–Crippen MR) is 114 cm³/mol. The van der Waals surface area contributed by atoms with Crippen molar-refractivity contribution >= 4 is 27.5 Å². The van der Waals surface area contributed by atoms with Gasteiger partial charge in [-0.25, -0.2) is 8.42 Å². The van der Waals surface area contributed by atoms with Crippen LogP contribution in [-0.4, -0.2) is 50.7 Å². The molecule has 0 radical (unpaired) electrons. The van der Waals surface area contributed by atoms with Crippen LogP contribution in [0.5, 0.6) is 0 Å². The first-order chi connectivity index (χ1) is 13.8. The van der Waals surface area contributed by atoms with E-state index in [1.54, 1.807) is 30.9 Å². The number of unbranched alkanes of at least 4 members (excludes halogenated alkanes) is 3. The zero-order valence-electron chi connectivity index (χ0n) is 17.7. The van der Waals surface area contributed by atoms with Gasteiger partial charge in [0.1, 0.15) is 0 Å². The maximum absolute atomic E-state index is 12.6. The van der Waals surface area contributed by atoms with Crippen molar-refractivity contribution in [3.8, 4) is 0 Å². The van der Waals surface area contributed by atoms with Crippen molar-refractivity contribution in [3.63, 3.8) is 0 Å². The second-order valence-corrected chi connectivity index (χ2v) is 9.28. The fourth-order valence-electron chi connectivity index (χ4n) is 3.55. The molecule has 2 amide bonds. The second-order valence-electron chi connectivity index (χ2n) is 7.34.